The van der Waals surface area contributed by atoms with E-state index in [0.29, 0.717) is 11.3 Å². The van der Waals surface area contributed by atoms with Crippen molar-refractivity contribution in [1.29, 1.82) is 0 Å². The maximum atomic E-state index is 10.7. The minimum Gasteiger partial charge on any atom is -0.741 e. The molecule has 1 aliphatic rings. The number of nitrogens with zero attached hydrogens (tertiary/aromatic N) is 1. The summed E-state index contributed by atoms with van der Waals surface area (Å²) < 4.78 is 70.4. The quantitative estimate of drug-likeness (QED) is 0.433. The fraction of sp³-hybridized carbons (Fsp3) is 0.294. The normalized spacial score (nSPS) is 13.7. The van der Waals surface area contributed by atoms with Gasteiger partial charge in [0.25, 0.3) is 0 Å². The van der Waals surface area contributed by atoms with E-state index in [2.05, 4.69) is 57.4 Å². The van der Waals surface area contributed by atoms with Crippen molar-refractivity contribution in [3.05, 3.63) is 48.0 Å². The lowest BCUT2D eigenvalue weighted by Gasteiger charge is -2.29. The van der Waals surface area contributed by atoms with Crippen molar-refractivity contribution in [1.82, 2.24) is 4.48 Å². The number of benzene rings is 2. The molecule has 0 N–H and O–H groups in total. The Labute approximate surface area is 155 Å². The van der Waals surface area contributed by atoms with Crippen LogP contribution in [0.25, 0.3) is 0 Å². The molecule has 1 heterocycles. The van der Waals surface area contributed by atoms with E-state index >= 15 is 0 Å². The minimum atomic E-state index is -6.09. The summed E-state index contributed by atoms with van der Waals surface area (Å²) in [5, 5.41) is 0. The molecule has 0 amide bonds. The van der Waals surface area contributed by atoms with Crippen LogP contribution in [-0.2, 0) is 10.1 Å². The third-order valence-electron chi connectivity index (χ3n) is 3.96. The Balaban J connectivity index is 0.000000279. The predicted octanol–water partition coefficient (Wildman–Crippen LogP) is 3.67. The lowest BCUT2D eigenvalue weighted by Crippen LogP contribution is -2.34. The lowest BCUT2D eigenvalue weighted by atomic mass is 10.1. The summed E-state index contributed by atoms with van der Waals surface area (Å²) in [6.07, 6.45) is 0. The second-order valence-corrected chi connectivity index (χ2v) is 7.60. The Bertz CT molecular complexity index is 909. The number of ether oxygens (including phenoxy) is 2. The molecule has 0 aromatic heterocycles. The molecular weight excluding hydrogens is 387 g/mol. The molecule has 0 unspecified atom stereocenters. The van der Waals surface area contributed by atoms with E-state index in [9.17, 15) is 13.2 Å². The van der Waals surface area contributed by atoms with Crippen molar-refractivity contribution in [3.63, 3.8) is 0 Å². The lowest BCUT2D eigenvalue weighted by molar-refractivity contribution is -0.0517. The molecule has 0 fully saturated rings. The van der Waals surface area contributed by atoms with Crippen LogP contribution in [-0.4, -0.2) is 39.4 Å². The predicted molar refractivity (Wildman–Crippen MR) is 92.8 cm³/mol. The summed E-state index contributed by atoms with van der Waals surface area (Å²) in [5.41, 5.74) is -1.96. The number of rotatable bonds is 2. The monoisotopic (exact) mass is 405 g/mol. The molecular formula is C17H18F3NO5S. The van der Waals surface area contributed by atoms with Crippen LogP contribution in [0.15, 0.2) is 42.5 Å². The molecule has 3 rings (SSSR count). The SMILES string of the molecule is Cc1ccc([N+](C)(C)c2ccc3c(c2)OCO3)cc1.O=S(=O)([O-])C(F)(F)F. The summed E-state index contributed by atoms with van der Waals surface area (Å²) in [6.45, 7) is 2.42. The van der Waals surface area contributed by atoms with Gasteiger partial charge in [-0.25, -0.2) is 8.42 Å². The van der Waals surface area contributed by atoms with Crippen molar-refractivity contribution < 1.29 is 35.6 Å². The van der Waals surface area contributed by atoms with Gasteiger partial charge in [-0.1, -0.05) is 17.7 Å². The van der Waals surface area contributed by atoms with Crippen molar-refractivity contribution in [2.75, 3.05) is 20.9 Å². The van der Waals surface area contributed by atoms with E-state index in [0.717, 1.165) is 11.5 Å². The maximum Gasteiger partial charge on any atom is 0.485 e. The van der Waals surface area contributed by atoms with Crippen molar-refractivity contribution in [2.24, 2.45) is 0 Å². The van der Waals surface area contributed by atoms with Gasteiger partial charge in [0, 0.05) is 12.1 Å². The van der Waals surface area contributed by atoms with Gasteiger partial charge in [-0.2, -0.15) is 13.2 Å². The zero-order chi connectivity index (χ0) is 20.5. The van der Waals surface area contributed by atoms with E-state index in [1.807, 2.05) is 6.07 Å². The van der Waals surface area contributed by atoms with Gasteiger partial charge in [0.15, 0.2) is 21.6 Å². The minimum absolute atomic E-state index is 0.316. The van der Waals surface area contributed by atoms with Crippen LogP contribution in [0, 0.1) is 6.92 Å². The highest BCUT2D eigenvalue weighted by molar-refractivity contribution is 7.86. The molecule has 0 spiro atoms. The molecule has 2 aromatic carbocycles. The zero-order valence-electron chi connectivity index (χ0n) is 14.8. The largest absolute Gasteiger partial charge is 0.741 e. The Morgan fingerprint density at radius 1 is 0.963 bits per heavy atom. The Morgan fingerprint density at radius 3 is 1.96 bits per heavy atom. The number of hydrogen-bond acceptors (Lipinski definition) is 5. The highest BCUT2D eigenvalue weighted by Gasteiger charge is 2.36. The number of halogens is 3. The smallest absolute Gasteiger partial charge is 0.485 e. The van der Waals surface area contributed by atoms with Gasteiger partial charge in [-0.15, -0.1) is 0 Å². The van der Waals surface area contributed by atoms with Crippen molar-refractivity contribution in [2.45, 2.75) is 12.4 Å². The fourth-order valence-electron chi connectivity index (χ4n) is 2.30. The zero-order valence-corrected chi connectivity index (χ0v) is 15.6. The molecule has 0 radical (unpaired) electrons. The first-order valence-corrected chi connectivity index (χ1v) is 9.07. The van der Waals surface area contributed by atoms with Crippen molar-refractivity contribution in [3.8, 4) is 11.5 Å². The van der Waals surface area contributed by atoms with E-state index in [-0.39, 0.29) is 0 Å². The van der Waals surface area contributed by atoms with Crippen LogP contribution in [0.3, 0.4) is 0 Å². The average molecular weight is 405 g/mol. The first-order valence-electron chi connectivity index (χ1n) is 7.66. The standard InChI is InChI=1S/C16H18NO2.CHF3O3S/c1-12-4-6-13(7-5-12)17(2,3)14-8-9-15-16(10-14)19-11-18-15;2-1(3,4)8(5,6)7/h4-10H,11H2,1-3H3;(H,5,6,7)/q+1;/p-1. The van der Waals surface area contributed by atoms with Crippen LogP contribution >= 0.6 is 0 Å². The number of aryl methyl sites for hydroxylation is 1. The van der Waals surface area contributed by atoms with E-state index < -0.39 is 15.6 Å². The van der Waals surface area contributed by atoms with E-state index in [4.69, 9.17) is 22.4 Å². The van der Waals surface area contributed by atoms with Gasteiger partial charge in [0.1, 0.15) is 11.4 Å². The van der Waals surface area contributed by atoms with Gasteiger partial charge >= 0.3 is 5.51 Å². The molecule has 0 atom stereocenters. The van der Waals surface area contributed by atoms with Gasteiger partial charge < -0.3 is 14.0 Å². The number of alkyl halides is 3. The summed E-state index contributed by atoms with van der Waals surface area (Å²) in [4.78, 5) is 0. The molecule has 6 nitrogen and oxygen atoms in total. The first-order chi connectivity index (χ1) is 12.3. The molecule has 0 aliphatic carbocycles. The number of fused-ring (bicyclic) bond motifs is 1. The second-order valence-electron chi connectivity index (χ2n) is 6.23. The number of quaternary nitrogens is 1. The van der Waals surface area contributed by atoms with Crippen LogP contribution in [0.4, 0.5) is 24.5 Å². The van der Waals surface area contributed by atoms with Crippen LogP contribution in [0.2, 0.25) is 0 Å². The van der Waals surface area contributed by atoms with Gasteiger partial charge in [-0.3, -0.25) is 4.48 Å². The molecule has 1 aliphatic heterocycles. The number of hydrogen-bond donors (Lipinski definition) is 0. The fourth-order valence-corrected chi connectivity index (χ4v) is 2.30. The van der Waals surface area contributed by atoms with Crippen molar-refractivity contribution >= 4 is 21.5 Å². The highest BCUT2D eigenvalue weighted by atomic mass is 32.2. The molecule has 0 saturated carbocycles. The average Bonchev–Trinajstić information content (AvgIpc) is 3.01. The second kappa shape index (κ2) is 7.37. The van der Waals surface area contributed by atoms with Crippen LogP contribution in [0.5, 0.6) is 11.5 Å². The van der Waals surface area contributed by atoms with E-state index in [1.165, 1.54) is 16.9 Å². The summed E-state index contributed by atoms with van der Waals surface area (Å²) in [5.74, 6) is 1.66. The molecule has 0 bridgehead atoms. The summed E-state index contributed by atoms with van der Waals surface area (Å²) in [6, 6.07) is 14.7. The topological polar surface area (TPSA) is 75.7 Å². The molecule has 27 heavy (non-hydrogen) atoms. The van der Waals surface area contributed by atoms with Crippen LogP contribution in [0.1, 0.15) is 5.56 Å². The Kier molecular flexibility index (Phi) is 5.74. The Morgan fingerprint density at radius 2 is 1.44 bits per heavy atom. The molecule has 148 valence electrons. The molecule has 10 heteroatoms. The van der Waals surface area contributed by atoms with Gasteiger partial charge in [0.05, 0.1) is 14.1 Å². The first kappa shape index (κ1) is 21.0. The highest BCUT2D eigenvalue weighted by Crippen LogP contribution is 2.39. The third-order valence-corrected chi connectivity index (χ3v) is 4.53. The molecule has 0 saturated heterocycles. The third kappa shape index (κ3) is 4.90. The maximum absolute atomic E-state index is 10.7. The Hall–Kier alpha value is -2.30. The molecule has 2 aromatic rings. The summed E-state index contributed by atoms with van der Waals surface area (Å²) >= 11 is 0. The van der Waals surface area contributed by atoms with Crippen LogP contribution < -0.4 is 14.0 Å². The van der Waals surface area contributed by atoms with Gasteiger partial charge in [-0.05, 0) is 25.1 Å². The van der Waals surface area contributed by atoms with E-state index in [1.54, 1.807) is 0 Å². The van der Waals surface area contributed by atoms with Gasteiger partial charge in [0.2, 0.25) is 6.79 Å². The summed E-state index contributed by atoms with van der Waals surface area (Å²) in [7, 11) is -1.75.